The van der Waals surface area contributed by atoms with E-state index >= 15 is 0 Å². The molecule has 7 nitrogen and oxygen atoms in total. The quantitative estimate of drug-likeness (QED) is 0.369. The molecule has 0 aromatic carbocycles. The Balaban J connectivity index is 2.41. The summed E-state index contributed by atoms with van der Waals surface area (Å²) in [6.45, 7) is 9.88. The molecule has 1 aromatic rings. The number of hydrogen-bond acceptors (Lipinski definition) is 3. The Morgan fingerprint density at radius 1 is 1.23 bits per heavy atom. The molecule has 0 saturated carbocycles. The van der Waals surface area contributed by atoms with E-state index in [9.17, 15) is 4.79 Å². The normalized spacial score (nSPS) is 12.0. The number of amides is 1. The van der Waals surface area contributed by atoms with Crippen LogP contribution in [0.2, 0.25) is 10.2 Å². The van der Waals surface area contributed by atoms with Gasteiger partial charge in [0, 0.05) is 32.4 Å². The number of alkyl carbamates (subject to hydrolysis) is 1. The first-order valence-electron chi connectivity index (χ1n) is 8.62. The third-order valence-corrected chi connectivity index (χ3v) is 4.12. The van der Waals surface area contributed by atoms with Crippen LogP contribution in [0.5, 0.6) is 0 Å². The van der Waals surface area contributed by atoms with Gasteiger partial charge in [-0.05, 0) is 40.2 Å². The fourth-order valence-corrected chi connectivity index (χ4v) is 2.46. The number of aliphatic imine (C=N–C) groups is 1. The van der Waals surface area contributed by atoms with E-state index in [1.54, 1.807) is 0 Å². The smallest absolute Gasteiger partial charge is 0.407 e. The summed E-state index contributed by atoms with van der Waals surface area (Å²) in [7, 11) is 1.85. The number of carbonyl (C=O) groups excluding carboxylic acids is 1. The third kappa shape index (κ3) is 8.19. The Bertz CT molecular complexity index is 623. The van der Waals surface area contributed by atoms with Crippen molar-refractivity contribution in [2.24, 2.45) is 12.0 Å². The number of rotatable bonds is 7. The van der Waals surface area contributed by atoms with Crippen LogP contribution in [0.25, 0.3) is 0 Å². The molecule has 1 rings (SSSR count). The lowest BCUT2D eigenvalue weighted by molar-refractivity contribution is 0.0527. The first kappa shape index (κ1) is 22.4. The maximum atomic E-state index is 11.6. The van der Waals surface area contributed by atoms with E-state index < -0.39 is 11.7 Å². The molecule has 26 heavy (non-hydrogen) atoms. The molecule has 1 aromatic heterocycles. The van der Waals surface area contributed by atoms with Gasteiger partial charge in [0.2, 0.25) is 0 Å². The van der Waals surface area contributed by atoms with E-state index in [-0.39, 0.29) is 0 Å². The van der Waals surface area contributed by atoms with Crippen LogP contribution in [-0.4, -0.2) is 41.9 Å². The number of aromatic nitrogens is 1. The number of halogens is 2. The summed E-state index contributed by atoms with van der Waals surface area (Å²) in [6, 6.07) is 1.81. The molecule has 3 N–H and O–H groups in total. The lowest BCUT2D eigenvalue weighted by atomic mass is 10.2. The second kappa shape index (κ2) is 10.5. The molecule has 0 unspecified atom stereocenters. The van der Waals surface area contributed by atoms with Crippen molar-refractivity contribution in [3.8, 4) is 0 Å². The molecule has 0 aliphatic heterocycles. The van der Waals surface area contributed by atoms with E-state index in [0.29, 0.717) is 35.8 Å². The first-order valence-corrected chi connectivity index (χ1v) is 9.38. The Morgan fingerprint density at radius 2 is 1.88 bits per heavy atom. The number of hydrogen-bond donors (Lipinski definition) is 3. The summed E-state index contributed by atoms with van der Waals surface area (Å²) in [5.41, 5.74) is 0.430. The Hall–Kier alpha value is -1.60. The minimum absolute atomic E-state index is 0.407. The van der Waals surface area contributed by atoms with Crippen LogP contribution < -0.4 is 16.0 Å². The van der Waals surface area contributed by atoms with E-state index in [1.807, 2.05) is 45.4 Å². The van der Waals surface area contributed by atoms with Gasteiger partial charge >= 0.3 is 6.09 Å². The van der Waals surface area contributed by atoms with Gasteiger partial charge in [-0.1, -0.05) is 23.2 Å². The number of nitrogens with zero attached hydrogens (tertiary/aromatic N) is 2. The van der Waals surface area contributed by atoms with Crippen molar-refractivity contribution in [1.82, 2.24) is 20.5 Å². The van der Waals surface area contributed by atoms with Gasteiger partial charge in [-0.25, -0.2) is 9.79 Å². The van der Waals surface area contributed by atoms with Gasteiger partial charge in [0.05, 0.1) is 11.6 Å². The maximum Gasteiger partial charge on any atom is 0.407 e. The van der Waals surface area contributed by atoms with Gasteiger partial charge in [-0.15, -0.1) is 0 Å². The zero-order valence-electron chi connectivity index (χ0n) is 16.1. The van der Waals surface area contributed by atoms with Crippen LogP contribution in [0.1, 0.15) is 39.8 Å². The van der Waals surface area contributed by atoms with E-state index in [4.69, 9.17) is 27.9 Å². The minimum atomic E-state index is -0.490. The second-order valence-corrected chi connectivity index (χ2v) is 7.50. The molecule has 0 fully saturated rings. The van der Waals surface area contributed by atoms with Crippen molar-refractivity contribution in [2.45, 2.75) is 46.3 Å². The summed E-state index contributed by atoms with van der Waals surface area (Å²) < 4.78 is 6.99. The van der Waals surface area contributed by atoms with E-state index in [2.05, 4.69) is 20.9 Å². The molecule has 0 spiro atoms. The molecule has 0 aliphatic carbocycles. The lowest BCUT2D eigenvalue weighted by Gasteiger charge is -2.19. The molecule has 0 saturated heterocycles. The van der Waals surface area contributed by atoms with Crippen LogP contribution in [0, 0.1) is 0 Å². The molecule has 0 bridgehead atoms. The Kier molecular flexibility index (Phi) is 9.08. The van der Waals surface area contributed by atoms with Crippen molar-refractivity contribution in [3.63, 3.8) is 0 Å². The van der Waals surface area contributed by atoms with Crippen LogP contribution in [0.15, 0.2) is 11.1 Å². The van der Waals surface area contributed by atoms with Gasteiger partial charge in [-0.3, -0.25) is 0 Å². The monoisotopic (exact) mass is 405 g/mol. The molecular formula is C17H29Cl2N5O2. The van der Waals surface area contributed by atoms with E-state index in [0.717, 1.165) is 18.7 Å². The highest BCUT2D eigenvalue weighted by Gasteiger charge is 2.15. The largest absolute Gasteiger partial charge is 0.444 e. The summed E-state index contributed by atoms with van der Waals surface area (Å²) >= 11 is 12.1. The number of carbonyl (C=O) groups is 1. The predicted octanol–water partition coefficient (Wildman–Crippen LogP) is 3.30. The molecule has 1 amide bonds. The van der Waals surface area contributed by atoms with Crippen molar-refractivity contribution in [3.05, 3.63) is 21.9 Å². The second-order valence-electron chi connectivity index (χ2n) is 6.74. The molecule has 0 radical (unpaired) electrons. The molecule has 0 aliphatic rings. The van der Waals surface area contributed by atoms with Gasteiger partial charge < -0.3 is 25.3 Å². The van der Waals surface area contributed by atoms with Gasteiger partial charge in [0.1, 0.15) is 10.8 Å². The molecular weight excluding hydrogens is 377 g/mol. The van der Waals surface area contributed by atoms with Gasteiger partial charge in [0.25, 0.3) is 0 Å². The van der Waals surface area contributed by atoms with Gasteiger partial charge in [0.15, 0.2) is 5.96 Å². The minimum Gasteiger partial charge on any atom is -0.444 e. The zero-order chi connectivity index (χ0) is 19.7. The molecule has 9 heteroatoms. The topological polar surface area (TPSA) is 79.7 Å². The van der Waals surface area contributed by atoms with E-state index in [1.165, 1.54) is 0 Å². The van der Waals surface area contributed by atoms with Crippen molar-refractivity contribution in [1.29, 1.82) is 0 Å². The van der Waals surface area contributed by atoms with Gasteiger partial charge in [-0.2, -0.15) is 0 Å². The van der Waals surface area contributed by atoms with Crippen molar-refractivity contribution < 1.29 is 9.53 Å². The van der Waals surface area contributed by atoms with Crippen molar-refractivity contribution >= 4 is 35.3 Å². The maximum absolute atomic E-state index is 11.6. The predicted molar refractivity (Wildman–Crippen MR) is 107 cm³/mol. The molecule has 0 atom stereocenters. The fraction of sp³-hybridized carbons (Fsp3) is 0.647. The van der Waals surface area contributed by atoms with Crippen molar-refractivity contribution in [2.75, 3.05) is 19.6 Å². The number of ether oxygens (including phenoxy) is 1. The van der Waals surface area contributed by atoms with Crippen LogP contribution in [0.3, 0.4) is 0 Å². The lowest BCUT2D eigenvalue weighted by Crippen LogP contribution is -2.39. The fourth-order valence-electron chi connectivity index (χ4n) is 2.04. The summed E-state index contributed by atoms with van der Waals surface area (Å²) in [4.78, 5) is 16.1. The zero-order valence-corrected chi connectivity index (χ0v) is 17.6. The summed E-state index contributed by atoms with van der Waals surface area (Å²) in [6.07, 6.45) is 0.335. The standard InChI is InChI=1S/C17H29Cl2N5O2/c1-6-20-15(23-11-12-10-13(18)14(19)24(12)5)21-8-7-9-22-16(25)26-17(2,3)4/h10H,6-9,11H2,1-5H3,(H,22,25)(H2,20,21,23). The highest BCUT2D eigenvalue weighted by molar-refractivity contribution is 6.41. The average molecular weight is 406 g/mol. The highest BCUT2D eigenvalue weighted by atomic mass is 35.5. The Labute approximate surface area is 165 Å². The van der Waals surface area contributed by atoms with Crippen LogP contribution in [0.4, 0.5) is 4.79 Å². The molecule has 1 heterocycles. The number of guanidine groups is 1. The van der Waals surface area contributed by atoms with Crippen LogP contribution >= 0.6 is 23.2 Å². The first-order chi connectivity index (χ1) is 12.1. The summed E-state index contributed by atoms with van der Waals surface area (Å²) in [5.74, 6) is 0.693. The third-order valence-electron chi connectivity index (χ3n) is 3.27. The van der Waals surface area contributed by atoms with Crippen LogP contribution in [-0.2, 0) is 18.3 Å². The SMILES string of the molecule is CCNC(=NCc1cc(Cl)c(Cl)n1C)NCCCNC(=O)OC(C)(C)C. The Morgan fingerprint density at radius 3 is 2.42 bits per heavy atom. The summed E-state index contributed by atoms with van der Waals surface area (Å²) in [5, 5.41) is 10.1. The number of nitrogens with one attached hydrogen (secondary N) is 3. The average Bonchev–Trinajstić information content (AvgIpc) is 2.77. The molecule has 148 valence electrons. The highest BCUT2D eigenvalue weighted by Crippen LogP contribution is 2.25.